The van der Waals surface area contributed by atoms with Crippen LogP contribution in [0.1, 0.15) is 119 Å². The van der Waals surface area contributed by atoms with Gasteiger partial charge in [0.25, 0.3) is 11.7 Å². The van der Waals surface area contributed by atoms with Gasteiger partial charge in [0.2, 0.25) is 5.79 Å². The van der Waals surface area contributed by atoms with E-state index < -0.39 is 89.6 Å². The van der Waals surface area contributed by atoms with Crippen molar-refractivity contribution in [3.63, 3.8) is 0 Å². The Bertz CT molecular complexity index is 1880. The summed E-state index contributed by atoms with van der Waals surface area (Å²) in [6, 6.07) is -2.32. The molecule has 0 spiro atoms. The van der Waals surface area contributed by atoms with E-state index in [2.05, 4.69) is 10.0 Å². The SMILES string of the molecule is CO[C@H]1C[C@@H]2CC[C@@H](C)[C@@](O)(O2)C(=O)C(=O)N2CCCC[C@H]2C(=O)O[C@H]([C@H](N)C[C@@H]2CCC(N=[N+]=[N-])[C@H](OC)C2)CC(=N)[C@H](C)/C=C(\C)[C@@H](O)[C@@H](O)C(=O)[C@H](C)C[C@H](C)/C=C/C=C/C=C/1C. The maximum atomic E-state index is 14.4. The zero-order chi connectivity index (χ0) is 48.9. The number of ketones is 2. The Hall–Kier alpha value is -4.06. The Morgan fingerprint density at radius 3 is 2.36 bits per heavy atom. The van der Waals surface area contributed by atoms with Crippen molar-refractivity contribution >= 4 is 29.2 Å². The highest BCUT2D eigenvalue weighted by Crippen LogP contribution is 2.37. The summed E-state index contributed by atoms with van der Waals surface area (Å²) in [7, 11) is 3.11. The van der Waals surface area contributed by atoms with Gasteiger partial charge in [0.05, 0.1) is 24.4 Å². The van der Waals surface area contributed by atoms with Crippen molar-refractivity contribution in [1.29, 1.82) is 5.41 Å². The predicted molar refractivity (Wildman–Crippen MR) is 249 cm³/mol. The van der Waals surface area contributed by atoms with Crippen LogP contribution >= 0.6 is 0 Å². The van der Waals surface area contributed by atoms with E-state index in [4.69, 9.17) is 35.6 Å². The normalized spacial score (nSPS) is 39.8. The molecule has 0 aromatic carbocycles. The quantitative estimate of drug-likeness (QED) is 0.0514. The first-order chi connectivity index (χ1) is 31.2. The summed E-state index contributed by atoms with van der Waals surface area (Å²) in [4.78, 5) is 60.3. The lowest BCUT2D eigenvalue weighted by molar-refractivity contribution is -0.265. The minimum Gasteiger partial charge on any atom is -0.459 e. The van der Waals surface area contributed by atoms with Crippen LogP contribution in [0.3, 0.4) is 0 Å². The molecule has 0 aromatic heterocycles. The van der Waals surface area contributed by atoms with Crippen molar-refractivity contribution in [3.8, 4) is 0 Å². The molecule has 1 saturated carbocycles. The zero-order valence-electron chi connectivity index (χ0n) is 40.2. The number of azide groups is 1. The summed E-state index contributed by atoms with van der Waals surface area (Å²) in [5.41, 5.74) is 17.2. The standard InChI is InChI=1S/C49H76N6O11/c1-28-14-10-9-11-15-29(2)40(63-7)26-35-19-17-33(6)49(62,66-35)46(59)47(60)55-21-13-12-16-39(55)48(61)65-41(37(51)24-34-18-20-38(53-54-52)42(25-34)64-8)27-36(50)30(3)23-32(5)44(57)45(58)43(56)31(4)22-28/h9-11,14-15,23,28,30-31,33-35,37-42,44-45,50,57-58,62H,12-13,16-22,24-27,51H2,1-8H3/b11-9+,14-10+,29-15+,32-23+,50-36?/t28-,30-,31-,33-,34+,35+,37-,38?,39+,40+,41+,42-,44-,45+,49-/m1/s1. The number of carbonyl (C=O) groups excluding carboxylic acids is 4. The molecule has 17 nitrogen and oxygen atoms in total. The number of nitrogens with two attached hydrogens (primary N) is 1. The highest BCUT2D eigenvalue weighted by Gasteiger charge is 2.53. The third-order valence-corrected chi connectivity index (χ3v) is 14.3. The summed E-state index contributed by atoms with van der Waals surface area (Å²) in [5.74, 6) is -7.95. The van der Waals surface area contributed by atoms with Gasteiger partial charge in [0.1, 0.15) is 24.4 Å². The van der Waals surface area contributed by atoms with E-state index in [1.165, 1.54) is 0 Å². The van der Waals surface area contributed by atoms with Crippen LogP contribution in [0.25, 0.3) is 10.4 Å². The van der Waals surface area contributed by atoms with Gasteiger partial charge in [0, 0.05) is 68.0 Å². The fraction of sp³-hybridized carbons (Fsp3) is 0.735. The van der Waals surface area contributed by atoms with Gasteiger partial charge in [-0.05, 0) is 107 Å². The smallest absolute Gasteiger partial charge is 0.329 e. The maximum absolute atomic E-state index is 14.4. The van der Waals surface area contributed by atoms with Crippen molar-refractivity contribution in [1.82, 2.24) is 4.90 Å². The molecule has 17 heteroatoms. The number of methoxy groups -OCH3 is 2. The number of aliphatic hydroxyl groups excluding tert-OH is 2. The fourth-order valence-corrected chi connectivity index (χ4v) is 9.90. The van der Waals surface area contributed by atoms with Crippen LogP contribution in [0, 0.1) is 35.0 Å². The molecule has 15 atom stereocenters. The first-order valence-electron chi connectivity index (χ1n) is 23.7. The summed E-state index contributed by atoms with van der Waals surface area (Å²) in [6.45, 7) is 10.6. The van der Waals surface area contributed by atoms with E-state index in [0.29, 0.717) is 64.2 Å². The minimum atomic E-state index is -2.45. The van der Waals surface area contributed by atoms with Crippen molar-refractivity contribution < 1.29 is 53.4 Å². The number of esters is 1. The molecule has 1 unspecified atom stereocenters. The second-order valence-electron chi connectivity index (χ2n) is 19.3. The molecule has 66 heavy (non-hydrogen) atoms. The molecule has 2 saturated heterocycles. The van der Waals surface area contributed by atoms with Gasteiger partial charge >= 0.3 is 5.97 Å². The van der Waals surface area contributed by atoms with Gasteiger partial charge in [-0.3, -0.25) is 14.4 Å². The average Bonchev–Trinajstić information content (AvgIpc) is 3.30. The van der Waals surface area contributed by atoms with Crippen LogP contribution in [0.2, 0.25) is 0 Å². The Kier molecular flexibility index (Phi) is 20.9. The number of piperidine rings is 1. The summed E-state index contributed by atoms with van der Waals surface area (Å²) in [6.07, 6.45) is 10.2. The molecule has 4 rings (SSSR count). The largest absolute Gasteiger partial charge is 0.459 e. The number of nitrogens with one attached hydrogen (secondary N) is 1. The van der Waals surface area contributed by atoms with Crippen LogP contribution in [0.15, 0.2) is 52.7 Å². The van der Waals surface area contributed by atoms with Crippen molar-refractivity contribution in [2.24, 2.45) is 40.4 Å². The number of carbonyl (C=O) groups is 4. The molecule has 368 valence electrons. The third-order valence-electron chi connectivity index (χ3n) is 14.3. The van der Waals surface area contributed by atoms with E-state index in [1.807, 2.05) is 44.2 Å². The molecule has 6 N–H and O–H groups in total. The Labute approximate surface area is 390 Å². The minimum absolute atomic E-state index is 0.00361. The first-order valence-corrected chi connectivity index (χ1v) is 23.7. The number of Topliss-reactive ketones (excluding diaryl/α,β-unsaturated/α-hetero) is 2. The number of aliphatic hydroxyl groups is 3. The maximum Gasteiger partial charge on any atom is 0.329 e. The molecule has 3 fully saturated rings. The lowest BCUT2D eigenvalue weighted by Gasteiger charge is -2.42. The molecule has 0 aromatic rings. The molecule has 1 amide bonds. The van der Waals surface area contributed by atoms with Gasteiger partial charge in [-0.2, -0.15) is 0 Å². The topological polar surface area (TPSA) is 268 Å². The average molecular weight is 925 g/mol. The molecule has 1 aliphatic carbocycles. The molecule has 3 heterocycles. The monoisotopic (exact) mass is 925 g/mol. The number of hydrogen-bond acceptors (Lipinski definition) is 14. The molecule has 0 radical (unpaired) electrons. The van der Waals surface area contributed by atoms with Gasteiger partial charge < -0.3 is 50.3 Å². The lowest BCUT2D eigenvalue weighted by atomic mass is 9.79. The Morgan fingerprint density at radius 1 is 0.955 bits per heavy atom. The lowest BCUT2D eigenvalue weighted by Crippen LogP contribution is -2.61. The van der Waals surface area contributed by atoms with Gasteiger partial charge in [-0.25, -0.2) is 4.79 Å². The van der Waals surface area contributed by atoms with Crippen LogP contribution in [-0.2, 0) is 38.1 Å². The second-order valence-corrected chi connectivity index (χ2v) is 19.3. The number of ether oxygens (including phenoxy) is 4. The highest BCUT2D eigenvalue weighted by atomic mass is 16.6. The van der Waals surface area contributed by atoms with Crippen LogP contribution in [-0.4, -0.2) is 131 Å². The number of allylic oxidation sites excluding steroid dienone is 6. The number of amides is 1. The van der Waals surface area contributed by atoms with Crippen molar-refractivity contribution in [2.75, 3.05) is 20.8 Å². The molecule has 3 aliphatic heterocycles. The van der Waals surface area contributed by atoms with E-state index >= 15 is 0 Å². The van der Waals surface area contributed by atoms with E-state index in [-0.39, 0.29) is 54.7 Å². The van der Waals surface area contributed by atoms with Gasteiger partial charge in [0.15, 0.2) is 5.78 Å². The van der Waals surface area contributed by atoms with E-state index in [0.717, 1.165) is 10.5 Å². The third kappa shape index (κ3) is 14.2. The Balaban J connectivity index is 1.69. The van der Waals surface area contributed by atoms with Gasteiger partial charge in [-0.1, -0.05) is 69.3 Å². The van der Waals surface area contributed by atoms with Crippen LogP contribution in [0.5, 0.6) is 0 Å². The summed E-state index contributed by atoms with van der Waals surface area (Å²) < 4.78 is 23.8. The Morgan fingerprint density at radius 2 is 1.68 bits per heavy atom. The van der Waals surface area contributed by atoms with E-state index in [1.54, 1.807) is 48.0 Å². The first kappa shape index (κ1) is 54.5. The summed E-state index contributed by atoms with van der Waals surface area (Å²) in [5, 5.41) is 47.2. The van der Waals surface area contributed by atoms with Crippen molar-refractivity contribution in [2.45, 2.75) is 179 Å². The highest BCUT2D eigenvalue weighted by molar-refractivity contribution is 6.39. The van der Waals surface area contributed by atoms with E-state index in [9.17, 15) is 34.5 Å². The number of cyclic esters (lactones) is 1. The molecular formula is C49H76N6O11. The van der Waals surface area contributed by atoms with Gasteiger partial charge in [-0.15, -0.1) is 0 Å². The zero-order valence-corrected chi connectivity index (χ0v) is 40.2. The predicted octanol–water partition coefficient (Wildman–Crippen LogP) is 5.99. The number of hydrogen-bond donors (Lipinski definition) is 5. The van der Waals surface area contributed by atoms with Crippen LogP contribution in [0.4, 0.5) is 0 Å². The molecular weight excluding hydrogens is 849 g/mol. The fourth-order valence-electron chi connectivity index (χ4n) is 9.90. The summed E-state index contributed by atoms with van der Waals surface area (Å²) >= 11 is 0. The number of rotatable bonds is 6. The second kappa shape index (κ2) is 25.3. The van der Waals surface area contributed by atoms with Crippen LogP contribution < -0.4 is 5.73 Å². The van der Waals surface area contributed by atoms with Crippen molar-refractivity contribution in [3.05, 3.63) is 58.0 Å². The number of nitrogens with zero attached hydrogens (tertiary/aromatic N) is 4. The molecule has 4 aliphatic rings. The number of fused-ring (bicyclic) bond motifs is 3. The molecule has 2 bridgehead atoms.